The van der Waals surface area contributed by atoms with E-state index < -0.39 is 0 Å². The number of rotatable bonds is 4. The Labute approximate surface area is 131 Å². The first-order valence-corrected chi connectivity index (χ1v) is 8.50. The molecule has 112 valence electrons. The Morgan fingerprint density at radius 3 is 2.43 bits per heavy atom. The van der Waals surface area contributed by atoms with E-state index in [1.807, 2.05) is 11.3 Å². The Morgan fingerprint density at radius 1 is 1.14 bits per heavy atom. The minimum absolute atomic E-state index is 0.129. The van der Waals surface area contributed by atoms with Gasteiger partial charge >= 0.3 is 0 Å². The Kier molecular flexibility index (Phi) is 4.43. The van der Waals surface area contributed by atoms with E-state index in [9.17, 15) is 0 Å². The first kappa shape index (κ1) is 14.8. The van der Waals surface area contributed by atoms with Crippen LogP contribution in [0.25, 0.3) is 0 Å². The summed E-state index contributed by atoms with van der Waals surface area (Å²) in [5.74, 6) is 0. The van der Waals surface area contributed by atoms with Crippen molar-refractivity contribution in [2.75, 3.05) is 20.3 Å². The summed E-state index contributed by atoms with van der Waals surface area (Å²) in [4.78, 5) is 1.46. The number of aryl methyl sites for hydroxylation is 1. The van der Waals surface area contributed by atoms with Gasteiger partial charge in [0.2, 0.25) is 0 Å². The lowest BCUT2D eigenvalue weighted by Gasteiger charge is -2.44. The van der Waals surface area contributed by atoms with E-state index >= 15 is 0 Å². The summed E-state index contributed by atoms with van der Waals surface area (Å²) in [6, 6.07) is 13.5. The molecule has 1 aliphatic heterocycles. The van der Waals surface area contributed by atoms with E-state index in [4.69, 9.17) is 4.74 Å². The molecule has 1 unspecified atom stereocenters. The normalized spacial score (nSPS) is 19.3. The number of thiophene rings is 1. The van der Waals surface area contributed by atoms with Crippen LogP contribution in [0.4, 0.5) is 0 Å². The van der Waals surface area contributed by atoms with Crippen LogP contribution in [0.3, 0.4) is 0 Å². The van der Waals surface area contributed by atoms with Crippen LogP contribution in [0.1, 0.15) is 34.9 Å². The van der Waals surface area contributed by atoms with E-state index in [1.165, 1.54) is 16.0 Å². The fourth-order valence-electron chi connectivity index (χ4n) is 3.59. The van der Waals surface area contributed by atoms with Crippen LogP contribution >= 0.6 is 11.3 Å². The molecule has 2 aromatic rings. The van der Waals surface area contributed by atoms with Gasteiger partial charge in [-0.3, -0.25) is 0 Å². The molecule has 1 fully saturated rings. The number of hydrogen-bond donors (Lipinski definition) is 1. The van der Waals surface area contributed by atoms with Gasteiger partial charge in [0.1, 0.15) is 0 Å². The van der Waals surface area contributed by atoms with Crippen molar-refractivity contribution in [1.82, 2.24) is 5.32 Å². The van der Waals surface area contributed by atoms with Crippen LogP contribution in [-0.2, 0) is 10.2 Å². The summed E-state index contributed by atoms with van der Waals surface area (Å²) >= 11 is 1.87. The van der Waals surface area contributed by atoms with Crippen molar-refractivity contribution in [2.24, 2.45) is 0 Å². The van der Waals surface area contributed by atoms with E-state index in [1.54, 1.807) is 0 Å². The lowest BCUT2D eigenvalue weighted by molar-refractivity contribution is 0.0356. The third-order valence-electron chi connectivity index (χ3n) is 4.74. The molecule has 21 heavy (non-hydrogen) atoms. The summed E-state index contributed by atoms with van der Waals surface area (Å²) < 4.78 is 5.66. The van der Waals surface area contributed by atoms with Crippen molar-refractivity contribution in [3.8, 4) is 0 Å². The highest BCUT2D eigenvalue weighted by molar-refractivity contribution is 7.10. The molecule has 1 aromatic carbocycles. The number of benzene rings is 1. The van der Waals surface area contributed by atoms with Crippen molar-refractivity contribution in [3.05, 3.63) is 57.8 Å². The Balaban J connectivity index is 2.08. The van der Waals surface area contributed by atoms with Crippen LogP contribution in [-0.4, -0.2) is 20.3 Å². The van der Waals surface area contributed by atoms with Crippen LogP contribution in [0, 0.1) is 6.92 Å². The van der Waals surface area contributed by atoms with Gasteiger partial charge in [-0.25, -0.2) is 0 Å². The quantitative estimate of drug-likeness (QED) is 0.919. The molecule has 0 aliphatic carbocycles. The maximum absolute atomic E-state index is 5.66. The van der Waals surface area contributed by atoms with Gasteiger partial charge < -0.3 is 10.1 Å². The molecule has 1 aromatic heterocycles. The second kappa shape index (κ2) is 6.30. The van der Waals surface area contributed by atoms with Crippen molar-refractivity contribution in [3.63, 3.8) is 0 Å². The molecule has 3 heteroatoms. The molecule has 3 rings (SSSR count). The second-order valence-corrected chi connectivity index (χ2v) is 6.77. The largest absolute Gasteiger partial charge is 0.381 e. The predicted octanol–water partition coefficient (Wildman–Crippen LogP) is 4.07. The highest BCUT2D eigenvalue weighted by atomic mass is 32.1. The third-order valence-corrected chi connectivity index (χ3v) is 5.82. The van der Waals surface area contributed by atoms with Crippen LogP contribution in [0.5, 0.6) is 0 Å². The minimum Gasteiger partial charge on any atom is -0.381 e. The van der Waals surface area contributed by atoms with E-state index in [-0.39, 0.29) is 5.41 Å². The lowest BCUT2D eigenvalue weighted by Crippen LogP contribution is -2.44. The van der Waals surface area contributed by atoms with Crippen molar-refractivity contribution < 1.29 is 4.74 Å². The van der Waals surface area contributed by atoms with E-state index in [0.29, 0.717) is 6.04 Å². The zero-order valence-electron chi connectivity index (χ0n) is 12.8. The molecule has 2 nitrogen and oxygen atoms in total. The summed E-state index contributed by atoms with van der Waals surface area (Å²) in [5, 5.41) is 5.81. The number of nitrogens with one attached hydrogen (secondary N) is 1. The summed E-state index contributed by atoms with van der Waals surface area (Å²) in [6.45, 7) is 3.91. The van der Waals surface area contributed by atoms with Crippen molar-refractivity contribution in [2.45, 2.75) is 31.2 Å². The van der Waals surface area contributed by atoms with E-state index in [2.05, 4.69) is 61.1 Å². The van der Waals surface area contributed by atoms with Crippen LogP contribution < -0.4 is 5.32 Å². The van der Waals surface area contributed by atoms with Gasteiger partial charge in [-0.05, 0) is 49.4 Å². The van der Waals surface area contributed by atoms with Crippen LogP contribution in [0.15, 0.2) is 41.8 Å². The Morgan fingerprint density at radius 2 is 1.86 bits per heavy atom. The second-order valence-electron chi connectivity index (χ2n) is 5.82. The van der Waals surface area contributed by atoms with Gasteiger partial charge in [-0.15, -0.1) is 11.3 Å². The monoisotopic (exact) mass is 301 g/mol. The molecule has 0 spiro atoms. The highest BCUT2D eigenvalue weighted by Gasteiger charge is 2.42. The molecule has 1 saturated heterocycles. The Hall–Kier alpha value is -1.16. The van der Waals surface area contributed by atoms with Gasteiger partial charge in [0.25, 0.3) is 0 Å². The van der Waals surface area contributed by atoms with Crippen molar-refractivity contribution in [1.29, 1.82) is 0 Å². The Bertz CT molecular complexity index is 572. The molecule has 0 radical (unpaired) electrons. The average molecular weight is 301 g/mol. The lowest BCUT2D eigenvalue weighted by atomic mass is 9.68. The van der Waals surface area contributed by atoms with Gasteiger partial charge in [0.15, 0.2) is 0 Å². The molecule has 2 heterocycles. The summed E-state index contributed by atoms with van der Waals surface area (Å²) in [6.07, 6.45) is 2.14. The molecule has 1 aliphatic rings. The maximum atomic E-state index is 5.66. The third kappa shape index (κ3) is 2.66. The smallest absolute Gasteiger partial charge is 0.0514 e. The van der Waals surface area contributed by atoms with Gasteiger partial charge in [-0.2, -0.15) is 0 Å². The van der Waals surface area contributed by atoms with Gasteiger partial charge in [0, 0.05) is 23.5 Å². The average Bonchev–Trinajstić information content (AvgIpc) is 2.96. The molecule has 0 saturated carbocycles. The topological polar surface area (TPSA) is 21.3 Å². The number of hydrogen-bond acceptors (Lipinski definition) is 3. The molecule has 0 bridgehead atoms. The predicted molar refractivity (Wildman–Crippen MR) is 89.0 cm³/mol. The molecular formula is C18H23NOS. The first-order chi connectivity index (χ1) is 10.3. The van der Waals surface area contributed by atoms with E-state index in [0.717, 1.165) is 26.1 Å². The number of ether oxygens (including phenoxy) is 1. The molecule has 1 N–H and O–H groups in total. The zero-order chi connectivity index (χ0) is 14.7. The SMILES string of the molecule is CNC(c1sccc1C)C1(c2ccccc2)CCOCC1. The first-order valence-electron chi connectivity index (χ1n) is 7.62. The summed E-state index contributed by atoms with van der Waals surface area (Å²) in [5.41, 5.74) is 2.95. The van der Waals surface area contributed by atoms with Crippen molar-refractivity contribution >= 4 is 11.3 Å². The molecular weight excluding hydrogens is 278 g/mol. The van der Waals surface area contributed by atoms with Gasteiger partial charge in [-0.1, -0.05) is 30.3 Å². The fourth-order valence-corrected chi connectivity index (χ4v) is 4.74. The molecule has 0 amide bonds. The van der Waals surface area contributed by atoms with Gasteiger partial charge in [0.05, 0.1) is 6.04 Å². The zero-order valence-corrected chi connectivity index (χ0v) is 13.6. The highest BCUT2D eigenvalue weighted by Crippen LogP contribution is 2.46. The summed E-state index contributed by atoms with van der Waals surface area (Å²) in [7, 11) is 2.09. The maximum Gasteiger partial charge on any atom is 0.0514 e. The van der Waals surface area contributed by atoms with Crippen LogP contribution in [0.2, 0.25) is 0 Å². The molecule has 1 atom stereocenters. The fraction of sp³-hybridized carbons (Fsp3) is 0.444. The standard InChI is InChI=1S/C18H23NOS/c1-14-8-13-21-16(14)17(19-2)18(9-11-20-12-10-18)15-6-4-3-5-7-15/h3-8,13,17,19H,9-12H2,1-2H3. The minimum atomic E-state index is 0.129. The number of likely N-dealkylation sites (N-methyl/N-ethyl adjacent to an activating group) is 1.